The second-order valence-electron chi connectivity index (χ2n) is 3.28. The second kappa shape index (κ2) is 3.31. The highest BCUT2D eigenvalue weighted by Gasteiger charge is 2.10. The van der Waals surface area contributed by atoms with Crippen LogP contribution in [-0.4, -0.2) is 21.4 Å². The summed E-state index contributed by atoms with van der Waals surface area (Å²) in [6.07, 6.45) is 0.737. The number of aromatic nitrogens is 2. The van der Waals surface area contributed by atoms with Crippen molar-refractivity contribution in [1.82, 2.24) is 9.78 Å². The van der Waals surface area contributed by atoms with Crippen molar-refractivity contribution in [2.45, 2.75) is 6.42 Å². The average molecular weight is 191 g/mol. The lowest BCUT2D eigenvalue weighted by Gasteiger charge is -1.96. The van der Waals surface area contributed by atoms with E-state index in [0.717, 1.165) is 23.0 Å². The summed E-state index contributed by atoms with van der Waals surface area (Å²) in [5.41, 5.74) is 7.21. The van der Waals surface area contributed by atoms with Crippen molar-refractivity contribution >= 4 is 10.9 Å². The summed E-state index contributed by atoms with van der Waals surface area (Å²) >= 11 is 0. The van der Waals surface area contributed by atoms with Gasteiger partial charge in [0.1, 0.15) is 11.3 Å². The number of phenols is 1. The summed E-state index contributed by atoms with van der Waals surface area (Å²) in [5.74, 6) is 0.265. The van der Waals surface area contributed by atoms with Crippen molar-refractivity contribution in [2.75, 3.05) is 6.54 Å². The lowest BCUT2D eigenvalue weighted by Crippen LogP contribution is -2.03. The monoisotopic (exact) mass is 191 g/mol. The zero-order chi connectivity index (χ0) is 10.1. The Labute approximate surface area is 81.9 Å². The Hall–Kier alpha value is -1.55. The van der Waals surface area contributed by atoms with Crippen LogP contribution in [0.2, 0.25) is 0 Å². The third-order valence-corrected chi connectivity index (χ3v) is 2.30. The lowest BCUT2D eigenvalue weighted by molar-refractivity contribution is 0.477. The van der Waals surface area contributed by atoms with Gasteiger partial charge in [-0.2, -0.15) is 5.10 Å². The van der Waals surface area contributed by atoms with Crippen LogP contribution < -0.4 is 5.73 Å². The van der Waals surface area contributed by atoms with Gasteiger partial charge in [0, 0.05) is 18.9 Å². The summed E-state index contributed by atoms with van der Waals surface area (Å²) in [4.78, 5) is 0. The number of benzene rings is 1. The maximum atomic E-state index is 9.64. The Kier molecular flexibility index (Phi) is 2.13. The van der Waals surface area contributed by atoms with E-state index in [1.54, 1.807) is 10.7 Å². The molecule has 4 heteroatoms. The van der Waals surface area contributed by atoms with Gasteiger partial charge in [0.2, 0.25) is 0 Å². The molecule has 0 bridgehead atoms. The molecular weight excluding hydrogens is 178 g/mol. The summed E-state index contributed by atoms with van der Waals surface area (Å²) in [7, 11) is 1.82. The molecule has 14 heavy (non-hydrogen) atoms. The molecule has 0 saturated heterocycles. The van der Waals surface area contributed by atoms with Gasteiger partial charge in [0.25, 0.3) is 0 Å². The van der Waals surface area contributed by atoms with E-state index in [9.17, 15) is 5.11 Å². The smallest absolute Gasteiger partial charge is 0.141 e. The fraction of sp³-hybridized carbons (Fsp3) is 0.300. The van der Waals surface area contributed by atoms with Crippen LogP contribution >= 0.6 is 0 Å². The molecule has 0 unspecified atom stereocenters. The highest BCUT2D eigenvalue weighted by atomic mass is 16.3. The van der Waals surface area contributed by atoms with Gasteiger partial charge in [-0.25, -0.2) is 0 Å². The number of hydrogen-bond acceptors (Lipinski definition) is 3. The van der Waals surface area contributed by atoms with Crippen LogP contribution in [0.5, 0.6) is 5.75 Å². The van der Waals surface area contributed by atoms with Gasteiger partial charge in [0.15, 0.2) is 0 Å². The van der Waals surface area contributed by atoms with Gasteiger partial charge < -0.3 is 10.8 Å². The Bertz CT molecular complexity index is 462. The molecule has 1 heterocycles. The van der Waals surface area contributed by atoms with Gasteiger partial charge in [-0.05, 0) is 12.6 Å². The number of rotatable bonds is 2. The molecule has 74 valence electrons. The zero-order valence-corrected chi connectivity index (χ0v) is 8.07. The van der Waals surface area contributed by atoms with Crippen LogP contribution in [0.15, 0.2) is 18.2 Å². The number of hydrogen-bond donors (Lipinski definition) is 2. The van der Waals surface area contributed by atoms with E-state index < -0.39 is 0 Å². The Balaban J connectivity index is 2.71. The van der Waals surface area contributed by atoms with Crippen LogP contribution in [0, 0.1) is 0 Å². The lowest BCUT2D eigenvalue weighted by atomic mass is 10.1. The molecule has 0 aliphatic heterocycles. The highest BCUT2D eigenvalue weighted by molar-refractivity contribution is 5.87. The van der Waals surface area contributed by atoms with Crippen molar-refractivity contribution in [3.63, 3.8) is 0 Å². The minimum absolute atomic E-state index is 0.265. The SMILES string of the molecule is Cn1nc(CCN)c2cccc(O)c21. The van der Waals surface area contributed by atoms with Crippen molar-refractivity contribution in [3.8, 4) is 5.75 Å². The summed E-state index contributed by atoms with van der Waals surface area (Å²) in [6, 6.07) is 5.43. The first kappa shape index (κ1) is 9.02. The van der Waals surface area contributed by atoms with Crippen molar-refractivity contribution in [2.24, 2.45) is 12.8 Å². The molecule has 0 atom stereocenters. The predicted octanol–water partition coefficient (Wildman–Crippen LogP) is 0.780. The normalized spacial score (nSPS) is 11.0. The fourth-order valence-corrected chi connectivity index (χ4v) is 1.71. The van der Waals surface area contributed by atoms with Crippen molar-refractivity contribution in [3.05, 3.63) is 23.9 Å². The number of aryl methyl sites for hydroxylation is 1. The van der Waals surface area contributed by atoms with E-state index in [1.165, 1.54) is 0 Å². The maximum Gasteiger partial charge on any atom is 0.141 e. The first-order valence-electron chi connectivity index (χ1n) is 4.57. The van der Waals surface area contributed by atoms with E-state index in [1.807, 2.05) is 19.2 Å². The van der Waals surface area contributed by atoms with Crippen LogP contribution in [0.25, 0.3) is 10.9 Å². The number of nitrogens with zero attached hydrogens (tertiary/aromatic N) is 2. The van der Waals surface area contributed by atoms with Gasteiger partial charge in [-0.1, -0.05) is 12.1 Å². The van der Waals surface area contributed by atoms with Gasteiger partial charge in [0.05, 0.1) is 5.69 Å². The molecule has 2 aromatic rings. The first-order chi connectivity index (χ1) is 6.74. The molecule has 0 amide bonds. The Morgan fingerprint density at radius 3 is 3.00 bits per heavy atom. The number of phenolic OH excluding ortho intramolecular Hbond substituents is 1. The molecule has 4 nitrogen and oxygen atoms in total. The Morgan fingerprint density at radius 1 is 1.50 bits per heavy atom. The van der Waals surface area contributed by atoms with Gasteiger partial charge in [-0.15, -0.1) is 0 Å². The van der Waals surface area contributed by atoms with Gasteiger partial charge >= 0.3 is 0 Å². The van der Waals surface area contributed by atoms with Crippen LogP contribution in [0.1, 0.15) is 5.69 Å². The number of aromatic hydroxyl groups is 1. The van der Waals surface area contributed by atoms with Crippen LogP contribution in [-0.2, 0) is 13.5 Å². The van der Waals surface area contributed by atoms with E-state index >= 15 is 0 Å². The van der Waals surface area contributed by atoms with E-state index in [4.69, 9.17) is 5.73 Å². The average Bonchev–Trinajstić information content (AvgIpc) is 2.46. The molecular formula is C10H13N3O. The highest BCUT2D eigenvalue weighted by Crippen LogP contribution is 2.26. The molecule has 0 aliphatic rings. The van der Waals surface area contributed by atoms with E-state index in [-0.39, 0.29) is 5.75 Å². The number of fused-ring (bicyclic) bond motifs is 1. The summed E-state index contributed by atoms with van der Waals surface area (Å²) in [6.45, 7) is 0.571. The van der Waals surface area contributed by atoms with E-state index in [2.05, 4.69) is 5.10 Å². The van der Waals surface area contributed by atoms with Crippen LogP contribution in [0.3, 0.4) is 0 Å². The predicted molar refractivity (Wildman–Crippen MR) is 55.1 cm³/mol. The molecule has 0 fully saturated rings. The molecule has 3 N–H and O–H groups in total. The molecule has 2 rings (SSSR count). The van der Waals surface area contributed by atoms with Crippen molar-refractivity contribution < 1.29 is 5.11 Å². The molecule has 0 aliphatic carbocycles. The number of nitrogens with two attached hydrogens (primary N) is 1. The van der Waals surface area contributed by atoms with Crippen molar-refractivity contribution in [1.29, 1.82) is 0 Å². The first-order valence-corrected chi connectivity index (χ1v) is 4.57. The molecule has 1 aromatic heterocycles. The minimum atomic E-state index is 0.265. The summed E-state index contributed by atoms with van der Waals surface area (Å²) in [5, 5.41) is 14.9. The molecule has 0 radical (unpaired) electrons. The third kappa shape index (κ3) is 1.24. The second-order valence-corrected chi connectivity index (χ2v) is 3.28. The van der Waals surface area contributed by atoms with E-state index in [0.29, 0.717) is 6.54 Å². The molecule has 0 spiro atoms. The largest absolute Gasteiger partial charge is 0.506 e. The molecule has 1 aromatic carbocycles. The van der Waals surface area contributed by atoms with Crippen LogP contribution in [0.4, 0.5) is 0 Å². The minimum Gasteiger partial charge on any atom is -0.506 e. The zero-order valence-electron chi connectivity index (χ0n) is 8.07. The topological polar surface area (TPSA) is 64.1 Å². The Morgan fingerprint density at radius 2 is 2.29 bits per heavy atom. The van der Waals surface area contributed by atoms with Gasteiger partial charge in [-0.3, -0.25) is 4.68 Å². The molecule has 0 saturated carbocycles. The summed E-state index contributed by atoms with van der Waals surface area (Å²) < 4.78 is 1.69. The standard InChI is InChI=1S/C10H13N3O/c1-13-10-7(3-2-4-9(10)14)8(12-13)5-6-11/h2-4,14H,5-6,11H2,1H3. The maximum absolute atomic E-state index is 9.64. The third-order valence-electron chi connectivity index (χ3n) is 2.30. The quantitative estimate of drug-likeness (QED) is 0.737. The fourth-order valence-electron chi connectivity index (χ4n) is 1.71. The number of para-hydroxylation sites is 1.